The van der Waals surface area contributed by atoms with Crippen LogP contribution < -0.4 is 10.6 Å². The van der Waals surface area contributed by atoms with Gasteiger partial charge in [-0.3, -0.25) is 4.79 Å². The van der Waals surface area contributed by atoms with Gasteiger partial charge >= 0.3 is 5.97 Å². The van der Waals surface area contributed by atoms with E-state index in [0.717, 1.165) is 23.4 Å². The van der Waals surface area contributed by atoms with Crippen molar-refractivity contribution in [3.63, 3.8) is 0 Å². The highest BCUT2D eigenvalue weighted by molar-refractivity contribution is 5.94. The largest absolute Gasteiger partial charge is 0.462 e. The van der Waals surface area contributed by atoms with Gasteiger partial charge in [0.25, 0.3) is 0 Å². The van der Waals surface area contributed by atoms with Crippen molar-refractivity contribution in [2.24, 2.45) is 0 Å². The first-order chi connectivity index (χ1) is 11.6. The summed E-state index contributed by atoms with van der Waals surface area (Å²) in [5, 5.41) is 5.85. The number of amides is 1. The molecular weight excluding hydrogens is 304 g/mol. The molecule has 5 nitrogen and oxygen atoms in total. The van der Waals surface area contributed by atoms with Crippen molar-refractivity contribution in [3.05, 3.63) is 59.7 Å². The van der Waals surface area contributed by atoms with Crippen LogP contribution in [-0.4, -0.2) is 25.0 Å². The van der Waals surface area contributed by atoms with Crippen LogP contribution in [0.1, 0.15) is 29.3 Å². The Kier molecular flexibility index (Phi) is 6.37. The Hall–Kier alpha value is -2.82. The number of carbonyl (C=O) groups is 2. The Bertz CT molecular complexity index is 696. The van der Waals surface area contributed by atoms with Crippen molar-refractivity contribution < 1.29 is 14.3 Å². The molecule has 1 amide bonds. The number of anilines is 2. The Labute approximate surface area is 142 Å². The Morgan fingerprint density at radius 3 is 2.46 bits per heavy atom. The van der Waals surface area contributed by atoms with Gasteiger partial charge in [-0.2, -0.15) is 0 Å². The molecule has 0 radical (unpaired) electrons. The van der Waals surface area contributed by atoms with Crippen molar-refractivity contribution in [2.45, 2.75) is 20.3 Å². The minimum absolute atomic E-state index is 0.132. The van der Waals surface area contributed by atoms with Crippen molar-refractivity contribution in [3.8, 4) is 0 Å². The van der Waals surface area contributed by atoms with E-state index in [9.17, 15) is 9.59 Å². The SMILES string of the molecule is CCCOC(=O)c1ccc(NCC(=O)Nc2cccc(C)c2)cc1. The van der Waals surface area contributed by atoms with E-state index in [4.69, 9.17) is 4.74 Å². The van der Waals surface area contributed by atoms with Crippen LogP contribution in [0.2, 0.25) is 0 Å². The second-order valence-corrected chi connectivity index (χ2v) is 5.48. The van der Waals surface area contributed by atoms with E-state index >= 15 is 0 Å². The number of hydrogen-bond donors (Lipinski definition) is 2. The minimum Gasteiger partial charge on any atom is -0.462 e. The summed E-state index contributed by atoms with van der Waals surface area (Å²) in [5.41, 5.74) is 3.13. The van der Waals surface area contributed by atoms with Crippen molar-refractivity contribution in [1.82, 2.24) is 0 Å². The van der Waals surface area contributed by atoms with Crippen molar-refractivity contribution in [1.29, 1.82) is 0 Å². The van der Waals surface area contributed by atoms with E-state index in [1.54, 1.807) is 24.3 Å². The summed E-state index contributed by atoms with van der Waals surface area (Å²) in [6, 6.07) is 14.5. The average Bonchev–Trinajstić information content (AvgIpc) is 2.58. The fraction of sp³-hybridized carbons (Fsp3) is 0.263. The molecule has 0 heterocycles. The number of rotatable bonds is 7. The summed E-state index contributed by atoms with van der Waals surface area (Å²) in [6.07, 6.45) is 0.793. The Morgan fingerprint density at radius 1 is 1.04 bits per heavy atom. The number of benzene rings is 2. The molecule has 126 valence electrons. The first-order valence-corrected chi connectivity index (χ1v) is 7.96. The van der Waals surface area contributed by atoms with Crippen LogP contribution in [0.25, 0.3) is 0 Å². The lowest BCUT2D eigenvalue weighted by molar-refractivity contribution is -0.114. The maximum Gasteiger partial charge on any atom is 0.338 e. The smallest absolute Gasteiger partial charge is 0.338 e. The lowest BCUT2D eigenvalue weighted by Crippen LogP contribution is -2.21. The number of esters is 1. The van der Waals surface area contributed by atoms with Gasteiger partial charge < -0.3 is 15.4 Å². The molecule has 0 bridgehead atoms. The molecule has 2 rings (SSSR count). The normalized spacial score (nSPS) is 10.1. The first kappa shape index (κ1) is 17.5. The second-order valence-electron chi connectivity index (χ2n) is 5.48. The molecule has 0 aliphatic carbocycles. The molecule has 0 saturated carbocycles. The molecule has 5 heteroatoms. The van der Waals surface area contributed by atoms with Gasteiger partial charge in [0.05, 0.1) is 18.7 Å². The quantitative estimate of drug-likeness (QED) is 0.763. The van der Waals surface area contributed by atoms with Gasteiger partial charge in [0.2, 0.25) is 5.91 Å². The summed E-state index contributed by atoms with van der Waals surface area (Å²) < 4.78 is 5.07. The van der Waals surface area contributed by atoms with E-state index in [0.29, 0.717) is 12.2 Å². The zero-order valence-electron chi connectivity index (χ0n) is 14.0. The summed E-state index contributed by atoms with van der Waals surface area (Å²) in [5.74, 6) is -0.465. The van der Waals surface area contributed by atoms with Crippen molar-refractivity contribution >= 4 is 23.3 Å². The van der Waals surface area contributed by atoms with Crippen LogP contribution >= 0.6 is 0 Å². The number of aryl methyl sites for hydroxylation is 1. The van der Waals surface area contributed by atoms with Gasteiger partial charge in [-0.15, -0.1) is 0 Å². The summed E-state index contributed by atoms with van der Waals surface area (Å²) >= 11 is 0. The lowest BCUT2D eigenvalue weighted by atomic mass is 10.2. The summed E-state index contributed by atoms with van der Waals surface area (Å²) in [4.78, 5) is 23.6. The van der Waals surface area contributed by atoms with Gasteiger partial charge in [0.15, 0.2) is 0 Å². The number of carbonyl (C=O) groups excluding carboxylic acids is 2. The molecule has 0 saturated heterocycles. The molecular formula is C19H22N2O3. The maximum absolute atomic E-state index is 11.9. The fourth-order valence-electron chi connectivity index (χ4n) is 2.11. The summed E-state index contributed by atoms with van der Waals surface area (Å²) in [6.45, 7) is 4.48. The standard InChI is InChI=1S/C19H22N2O3/c1-3-11-24-19(23)15-7-9-16(10-8-15)20-13-18(22)21-17-6-4-5-14(2)12-17/h4-10,12,20H,3,11,13H2,1-2H3,(H,21,22). The third kappa shape index (κ3) is 5.43. The van der Waals surface area contributed by atoms with E-state index < -0.39 is 0 Å². The van der Waals surface area contributed by atoms with E-state index in [-0.39, 0.29) is 18.4 Å². The van der Waals surface area contributed by atoms with Crippen LogP contribution in [0.5, 0.6) is 0 Å². The molecule has 24 heavy (non-hydrogen) atoms. The van der Waals surface area contributed by atoms with E-state index in [2.05, 4.69) is 10.6 Å². The lowest BCUT2D eigenvalue weighted by Gasteiger charge is -2.09. The van der Waals surface area contributed by atoms with Crippen LogP contribution in [0.4, 0.5) is 11.4 Å². The van der Waals surface area contributed by atoms with Gasteiger partial charge in [0, 0.05) is 11.4 Å². The van der Waals surface area contributed by atoms with Gasteiger partial charge in [-0.25, -0.2) is 4.79 Å². The Morgan fingerprint density at radius 2 is 1.79 bits per heavy atom. The number of nitrogens with one attached hydrogen (secondary N) is 2. The van der Waals surface area contributed by atoms with Crippen molar-refractivity contribution in [2.75, 3.05) is 23.8 Å². The number of hydrogen-bond acceptors (Lipinski definition) is 4. The third-order valence-corrected chi connectivity index (χ3v) is 3.31. The molecule has 0 fully saturated rings. The van der Waals surface area contributed by atoms with Gasteiger partial charge in [0.1, 0.15) is 0 Å². The molecule has 2 aromatic rings. The monoisotopic (exact) mass is 326 g/mol. The first-order valence-electron chi connectivity index (χ1n) is 7.96. The molecule has 0 aliphatic heterocycles. The van der Waals surface area contributed by atoms with Gasteiger partial charge in [-0.1, -0.05) is 19.1 Å². The highest BCUT2D eigenvalue weighted by Gasteiger charge is 2.07. The zero-order chi connectivity index (χ0) is 17.4. The maximum atomic E-state index is 11.9. The number of ether oxygens (including phenoxy) is 1. The van der Waals surface area contributed by atoms with Gasteiger partial charge in [-0.05, 0) is 55.3 Å². The topological polar surface area (TPSA) is 67.4 Å². The molecule has 0 spiro atoms. The average molecular weight is 326 g/mol. The van der Waals surface area contributed by atoms with Crippen LogP contribution in [0.15, 0.2) is 48.5 Å². The molecule has 2 aromatic carbocycles. The molecule has 0 aromatic heterocycles. The summed E-state index contributed by atoms with van der Waals surface area (Å²) in [7, 11) is 0. The molecule has 0 aliphatic rings. The highest BCUT2D eigenvalue weighted by Crippen LogP contribution is 2.12. The predicted octanol–water partition coefficient (Wildman–Crippen LogP) is 3.61. The highest BCUT2D eigenvalue weighted by atomic mass is 16.5. The molecule has 2 N–H and O–H groups in total. The Balaban J connectivity index is 1.83. The predicted molar refractivity (Wildman–Crippen MR) is 95.3 cm³/mol. The zero-order valence-corrected chi connectivity index (χ0v) is 14.0. The van der Waals surface area contributed by atoms with Crippen LogP contribution in [0.3, 0.4) is 0 Å². The fourth-order valence-corrected chi connectivity index (χ4v) is 2.11. The van der Waals surface area contributed by atoms with E-state index in [1.165, 1.54) is 0 Å². The van der Waals surface area contributed by atoms with Crippen LogP contribution in [0, 0.1) is 6.92 Å². The minimum atomic E-state index is -0.333. The second kappa shape index (κ2) is 8.72. The molecule has 0 atom stereocenters. The third-order valence-electron chi connectivity index (χ3n) is 3.31. The molecule has 0 unspecified atom stereocenters. The van der Waals surface area contributed by atoms with E-state index in [1.807, 2.05) is 38.1 Å². The van der Waals surface area contributed by atoms with Crippen LogP contribution in [-0.2, 0) is 9.53 Å².